The Morgan fingerprint density at radius 1 is 0.698 bits per heavy atom. The Bertz CT molecular complexity index is 645. The number of hydrogen-bond donors (Lipinski definition) is 0. The fraction of sp³-hybridized carbons (Fsp3) is 0.889. The standard InChI is InChI=1S/C36H70N2O4S/c1-6-9-12-15-16-19-23-30-41-31-24-22-29-38(36(40)43-32-25-28-37(4)5)33-35(39)42-34(26-20-17-13-10-7-2)27-21-18-14-11-8-3/h19,23,34H,6-18,20-22,24-33H2,1-5H3/b23-19-. The highest BCUT2D eigenvalue weighted by atomic mass is 32.2. The molecule has 0 aromatic rings. The predicted molar refractivity (Wildman–Crippen MR) is 187 cm³/mol. The number of carbonyl (C=O) groups is 2. The molecular formula is C36H70N2O4S. The molecule has 0 saturated carbocycles. The first kappa shape index (κ1) is 42.0. The number of allylic oxidation sites excluding steroid dienone is 1. The highest BCUT2D eigenvalue weighted by Crippen LogP contribution is 2.18. The Kier molecular flexibility index (Phi) is 31.6. The fourth-order valence-corrected chi connectivity index (χ4v) is 5.78. The Morgan fingerprint density at radius 3 is 1.91 bits per heavy atom. The quantitative estimate of drug-likeness (QED) is 0.0434. The highest BCUT2D eigenvalue weighted by Gasteiger charge is 2.21. The van der Waals surface area contributed by atoms with Crippen molar-refractivity contribution in [2.45, 2.75) is 155 Å². The first-order valence-corrected chi connectivity index (χ1v) is 18.9. The number of esters is 1. The van der Waals surface area contributed by atoms with Crippen LogP contribution in [-0.2, 0) is 14.3 Å². The van der Waals surface area contributed by atoms with Crippen LogP contribution in [0.1, 0.15) is 149 Å². The smallest absolute Gasteiger partial charge is 0.325 e. The van der Waals surface area contributed by atoms with Crippen LogP contribution in [0.15, 0.2) is 12.2 Å². The van der Waals surface area contributed by atoms with Crippen LogP contribution in [0, 0.1) is 0 Å². The number of nitrogens with zero attached hydrogens (tertiary/aromatic N) is 2. The van der Waals surface area contributed by atoms with Gasteiger partial charge in [0.1, 0.15) is 12.6 Å². The van der Waals surface area contributed by atoms with E-state index in [0.29, 0.717) is 19.8 Å². The summed E-state index contributed by atoms with van der Waals surface area (Å²) in [7, 11) is 4.09. The summed E-state index contributed by atoms with van der Waals surface area (Å²) in [4.78, 5) is 30.1. The molecule has 0 aliphatic carbocycles. The third kappa shape index (κ3) is 29.4. The summed E-state index contributed by atoms with van der Waals surface area (Å²) < 4.78 is 11.8. The summed E-state index contributed by atoms with van der Waals surface area (Å²) in [5, 5.41) is -0.0155. The Labute approximate surface area is 271 Å². The zero-order valence-electron chi connectivity index (χ0n) is 29.1. The molecular weight excluding hydrogens is 556 g/mol. The van der Waals surface area contributed by atoms with Gasteiger partial charge in [0.2, 0.25) is 0 Å². The van der Waals surface area contributed by atoms with E-state index in [2.05, 4.69) is 37.8 Å². The number of hydrogen-bond acceptors (Lipinski definition) is 6. The third-order valence-electron chi connectivity index (χ3n) is 7.68. The van der Waals surface area contributed by atoms with Crippen molar-refractivity contribution in [3.8, 4) is 0 Å². The van der Waals surface area contributed by atoms with Crippen molar-refractivity contribution >= 4 is 23.0 Å². The van der Waals surface area contributed by atoms with Crippen molar-refractivity contribution in [2.24, 2.45) is 0 Å². The van der Waals surface area contributed by atoms with E-state index >= 15 is 0 Å². The molecule has 0 atom stereocenters. The van der Waals surface area contributed by atoms with Gasteiger partial charge in [0.15, 0.2) is 0 Å². The maximum atomic E-state index is 13.1. The molecule has 0 spiro atoms. The first-order chi connectivity index (χ1) is 20.9. The summed E-state index contributed by atoms with van der Waals surface area (Å²) in [5.74, 6) is 0.504. The zero-order chi connectivity index (χ0) is 31.8. The van der Waals surface area contributed by atoms with Crippen LogP contribution in [0.4, 0.5) is 4.79 Å². The molecule has 0 fully saturated rings. The molecule has 0 aliphatic rings. The second kappa shape index (κ2) is 32.3. The molecule has 43 heavy (non-hydrogen) atoms. The van der Waals surface area contributed by atoms with E-state index in [9.17, 15) is 9.59 Å². The van der Waals surface area contributed by atoms with Gasteiger partial charge >= 0.3 is 5.97 Å². The normalized spacial score (nSPS) is 11.7. The molecule has 7 heteroatoms. The Hall–Kier alpha value is -1.05. The van der Waals surface area contributed by atoms with Gasteiger partial charge in [-0.25, -0.2) is 0 Å². The van der Waals surface area contributed by atoms with Gasteiger partial charge in [0.25, 0.3) is 5.24 Å². The number of carbonyl (C=O) groups excluding carboxylic acids is 2. The summed E-state index contributed by atoms with van der Waals surface area (Å²) in [6.07, 6.45) is 27.2. The van der Waals surface area contributed by atoms with Crippen molar-refractivity contribution in [2.75, 3.05) is 52.7 Å². The maximum Gasteiger partial charge on any atom is 0.325 e. The monoisotopic (exact) mass is 627 g/mol. The van der Waals surface area contributed by atoms with Crippen LogP contribution < -0.4 is 0 Å². The SMILES string of the molecule is CCCCCC/C=C\COCCCCN(CC(=O)OC(CCCCCCC)CCCCCCC)C(=O)SCCCN(C)C. The third-order valence-corrected chi connectivity index (χ3v) is 8.68. The summed E-state index contributed by atoms with van der Waals surface area (Å²) in [6.45, 7) is 9.56. The van der Waals surface area contributed by atoms with Gasteiger partial charge in [-0.3, -0.25) is 9.59 Å². The largest absolute Gasteiger partial charge is 0.461 e. The number of thioether (sulfide) groups is 1. The molecule has 0 bridgehead atoms. The predicted octanol–water partition coefficient (Wildman–Crippen LogP) is 10.0. The van der Waals surface area contributed by atoms with Gasteiger partial charge in [-0.1, -0.05) is 115 Å². The van der Waals surface area contributed by atoms with Crippen LogP contribution >= 0.6 is 11.8 Å². The van der Waals surface area contributed by atoms with Crippen molar-refractivity contribution < 1.29 is 19.1 Å². The number of ether oxygens (including phenoxy) is 2. The minimum absolute atomic E-state index is 0.0155. The maximum absolute atomic E-state index is 13.1. The van der Waals surface area contributed by atoms with Crippen LogP contribution in [-0.4, -0.2) is 79.8 Å². The highest BCUT2D eigenvalue weighted by molar-refractivity contribution is 8.13. The molecule has 0 aromatic heterocycles. The summed E-state index contributed by atoms with van der Waals surface area (Å²) in [5.41, 5.74) is 0. The fourth-order valence-electron chi connectivity index (χ4n) is 4.99. The van der Waals surface area contributed by atoms with E-state index in [1.807, 2.05) is 14.1 Å². The molecule has 0 rings (SSSR count). The number of rotatable bonds is 31. The van der Waals surface area contributed by atoms with E-state index in [1.54, 1.807) is 4.90 Å². The number of amides is 1. The van der Waals surface area contributed by atoms with Gasteiger partial charge in [0.05, 0.1) is 6.61 Å². The van der Waals surface area contributed by atoms with Crippen LogP contribution in [0.5, 0.6) is 0 Å². The molecule has 0 unspecified atom stereocenters. The van der Waals surface area contributed by atoms with E-state index in [0.717, 1.165) is 63.7 Å². The summed E-state index contributed by atoms with van der Waals surface area (Å²) >= 11 is 1.33. The van der Waals surface area contributed by atoms with Gasteiger partial charge < -0.3 is 19.3 Å². The van der Waals surface area contributed by atoms with Crippen molar-refractivity contribution in [3.63, 3.8) is 0 Å². The van der Waals surface area contributed by atoms with Crippen LogP contribution in [0.25, 0.3) is 0 Å². The molecule has 0 radical (unpaired) electrons. The molecule has 1 amide bonds. The lowest BCUT2D eigenvalue weighted by Gasteiger charge is -2.24. The summed E-state index contributed by atoms with van der Waals surface area (Å²) in [6, 6.07) is 0. The molecule has 6 nitrogen and oxygen atoms in total. The first-order valence-electron chi connectivity index (χ1n) is 17.9. The van der Waals surface area contributed by atoms with Crippen LogP contribution in [0.3, 0.4) is 0 Å². The number of unbranched alkanes of at least 4 members (excludes halogenated alkanes) is 13. The molecule has 0 heterocycles. The van der Waals surface area contributed by atoms with Crippen LogP contribution in [0.2, 0.25) is 0 Å². The van der Waals surface area contributed by atoms with Gasteiger partial charge in [-0.05, 0) is 78.4 Å². The average Bonchev–Trinajstić information content (AvgIpc) is 2.98. The zero-order valence-corrected chi connectivity index (χ0v) is 29.9. The van der Waals surface area contributed by atoms with Crippen molar-refractivity contribution in [1.82, 2.24) is 9.80 Å². The molecule has 0 saturated heterocycles. The van der Waals surface area contributed by atoms with Gasteiger partial charge in [0, 0.05) is 18.9 Å². The van der Waals surface area contributed by atoms with Crippen molar-refractivity contribution in [3.05, 3.63) is 12.2 Å². The second-order valence-electron chi connectivity index (χ2n) is 12.3. The topological polar surface area (TPSA) is 59.1 Å². The van der Waals surface area contributed by atoms with Crippen molar-refractivity contribution in [1.29, 1.82) is 0 Å². The van der Waals surface area contributed by atoms with Gasteiger partial charge in [-0.15, -0.1) is 0 Å². The van der Waals surface area contributed by atoms with E-state index in [-0.39, 0.29) is 23.9 Å². The van der Waals surface area contributed by atoms with Gasteiger partial charge in [-0.2, -0.15) is 0 Å². The Balaban J connectivity index is 4.78. The molecule has 254 valence electrons. The Morgan fingerprint density at radius 2 is 1.30 bits per heavy atom. The lowest BCUT2D eigenvalue weighted by Crippen LogP contribution is -2.36. The molecule has 0 N–H and O–H groups in total. The van der Waals surface area contributed by atoms with E-state index in [4.69, 9.17) is 9.47 Å². The van der Waals surface area contributed by atoms with E-state index < -0.39 is 0 Å². The molecule has 0 aromatic carbocycles. The minimum atomic E-state index is -0.255. The van der Waals surface area contributed by atoms with E-state index in [1.165, 1.54) is 88.8 Å². The lowest BCUT2D eigenvalue weighted by molar-refractivity contribution is -0.150. The average molecular weight is 627 g/mol. The lowest BCUT2D eigenvalue weighted by atomic mass is 10.0. The second-order valence-corrected chi connectivity index (χ2v) is 13.4. The minimum Gasteiger partial charge on any atom is -0.461 e. The molecule has 0 aliphatic heterocycles.